The summed E-state index contributed by atoms with van der Waals surface area (Å²) in [6.07, 6.45) is 6.00. The minimum Gasteiger partial charge on any atom is -0.481 e. The minimum atomic E-state index is -0.402. The highest BCUT2D eigenvalue weighted by atomic mass is 19.1. The molecule has 0 aliphatic rings. The Morgan fingerprint density at radius 2 is 1.89 bits per heavy atom. The van der Waals surface area contributed by atoms with E-state index in [-0.39, 0.29) is 18.1 Å². The van der Waals surface area contributed by atoms with Gasteiger partial charge in [-0.1, -0.05) is 25.8 Å². The number of pyridine rings is 2. The molecule has 0 radical (unpaired) electrons. The van der Waals surface area contributed by atoms with Crippen molar-refractivity contribution in [1.82, 2.24) is 24.4 Å². The van der Waals surface area contributed by atoms with Gasteiger partial charge >= 0.3 is 5.69 Å². The van der Waals surface area contributed by atoms with E-state index in [1.54, 1.807) is 35.4 Å². The molecule has 0 amide bonds. The quantitative estimate of drug-likeness (QED) is 0.281. The van der Waals surface area contributed by atoms with Gasteiger partial charge in [-0.15, -0.1) is 0 Å². The number of aryl methyl sites for hydroxylation is 3. The van der Waals surface area contributed by atoms with Crippen LogP contribution in [0.1, 0.15) is 50.2 Å². The molecule has 0 spiro atoms. The van der Waals surface area contributed by atoms with E-state index in [1.165, 1.54) is 13.3 Å². The smallest absolute Gasteiger partial charge is 0.328 e. The summed E-state index contributed by atoms with van der Waals surface area (Å²) in [5.41, 5.74) is 4.16. The zero-order valence-corrected chi connectivity index (χ0v) is 22.1. The molecular weight excluding hydrogens is 473 g/mol. The fraction of sp³-hybridized carbons (Fsp3) is 0.464. The van der Waals surface area contributed by atoms with Crippen molar-refractivity contribution in [1.29, 1.82) is 0 Å². The zero-order valence-electron chi connectivity index (χ0n) is 22.1. The predicted molar refractivity (Wildman–Crippen MR) is 143 cm³/mol. The molecule has 0 bridgehead atoms. The molecule has 4 aromatic rings. The summed E-state index contributed by atoms with van der Waals surface area (Å²) < 4.78 is 23.1. The van der Waals surface area contributed by atoms with Gasteiger partial charge in [0.25, 0.3) is 0 Å². The number of nitrogens with zero attached hydrogens (tertiary/aromatic N) is 4. The van der Waals surface area contributed by atoms with Crippen LogP contribution in [0.15, 0.2) is 41.3 Å². The number of ether oxygens (including phenoxy) is 1. The lowest BCUT2D eigenvalue weighted by molar-refractivity contribution is 0.141. The van der Waals surface area contributed by atoms with Crippen molar-refractivity contribution in [3.05, 3.63) is 64.0 Å². The van der Waals surface area contributed by atoms with Gasteiger partial charge in [-0.25, -0.2) is 14.2 Å². The maximum atomic E-state index is 14.6. The zero-order chi connectivity index (χ0) is 26.6. The van der Waals surface area contributed by atoms with Gasteiger partial charge in [-0.05, 0) is 49.4 Å². The van der Waals surface area contributed by atoms with Crippen molar-refractivity contribution in [3.8, 4) is 5.88 Å². The molecule has 198 valence electrons. The SMILES string of the molecule is CCC(CO)(CCCCCc1c(F)cnc2ccc(OC)nc12)NCc1ccc2c(c1)n(C)c(=O)n2C. The molecule has 0 aliphatic heterocycles. The average Bonchev–Trinajstić information content (AvgIpc) is 3.14. The van der Waals surface area contributed by atoms with Gasteiger partial charge in [-0.3, -0.25) is 14.1 Å². The molecule has 3 heterocycles. The van der Waals surface area contributed by atoms with Crippen molar-refractivity contribution < 1.29 is 14.2 Å². The van der Waals surface area contributed by atoms with E-state index in [1.807, 2.05) is 18.2 Å². The van der Waals surface area contributed by atoms with Gasteiger partial charge < -0.3 is 15.2 Å². The normalized spacial score (nSPS) is 13.4. The molecule has 1 unspecified atom stereocenters. The van der Waals surface area contributed by atoms with E-state index >= 15 is 0 Å². The molecule has 1 aromatic carbocycles. The van der Waals surface area contributed by atoms with Gasteiger partial charge in [0.15, 0.2) is 0 Å². The van der Waals surface area contributed by atoms with Crippen LogP contribution in [0, 0.1) is 5.82 Å². The van der Waals surface area contributed by atoms with Crippen LogP contribution in [0.5, 0.6) is 5.88 Å². The van der Waals surface area contributed by atoms with Crippen molar-refractivity contribution in [2.75, 3.05) is 13.7 Å². The monoisotopic (exact) mass is 509 g/mol. The van der Waals surface area contributed by atoms with Crippen LogP contribution in [0.3, 0.4) is 0 Å². The van der Waals surface area contributed by atoms with Crippen LogP contribution in [0.4, 0.5) is 4.39 Å². The summed E-state index contributed by atoms with van der Waals surface area (Å²) >= 11 is 0. The van der Waals surface area contributed by atoms with Crippen LogP contribution in [-0.2, 0) is 27.1 Å². The Balaban J connectivity index is 1.36. The summed E-state index contributed by atoms with van der Waals surface area (Å²) in [6, 6.07) is 9.53. The number of unbranched alkanes of at least 4 members (excludes halogenated alkanes) is 2. The van der Waals surface area contributed by atoms with Gasteiger partial charge in [-0.2, -0.15) is 0 Å². The molecular formula is C28H36FN5O3. The fourth-order valence-corrected chi connectivity index (χ4v) is 4.96. The Kier molecular flexibility index (Phi) is 8.24. The highest BCUT2D eigenvalue weighted by molar-refractivity contribution is 5.78. The third kappa shape index (κ3) is 5.52. The third-order valence-corrected chi connectivity index (χ3v) is 7.51. The van der Waals surface area contributed by atoms with Crippen LogP contribution >= 0.6 is 0 Å². The number of hydrogen-bond acceptors (Lipinski definition) is 6. The number of methoxy groups -OCH3 is 1. The second-order valence-electron chi connectivity index (χ2n) is 9.74. The Morgan fingerprint density at radius 3 is 2.62 bits per heavy atom. The maximum Gasteiger partial charge on any atom is 0.328 e. The first-order chi connectivity index (χ1) is 17.8. The lowest BCUT2D eigenvalue weighted by Gasteiger charge is -2.32. The van der Waals surface area contributed by atoms with Crippen LogP contribution in [0.25, 0.3) is 22.1 Å². The molecule has 3 aromatic heterocycles. The molecule has 8 nitrogen and oxygen atoms in total. The standard InChI is InChI=1S/C28H36FN5O3/c1-5-28(18-35,31-16-19-10-12-23-24(15-19)34(3)27(36)33(23)2)14-8-6-7-9-20-21(29)17-30-22-11-13-25(37-4)32-26(20)22/h10-13,15,17,31,35H,5-9,14,16,18H2,1-4H3. The van der Waals surface area contributed by atoms with E-state index in [9.17, 15) is 14.3 Å². The number of aromatic nitrogens is 4. The van der Waals surface area contributed by atoms with Crippen molar-refractivity contribution in [3.63, 3.8) is 0 Å². The highest BCUT2D eigenvalue weighted by Gasteiger charge is 2.26. The van der Waals surface area contributed by atoms with E-state index in [4.69, 9.17) is 4.74 Å². The molecule has 37 heavy (non-hydrogen) atoms. The molecule has 1 atom stereocenters. The number of imidazole rings is 1. The van der Waals surface area contributed by atoms with E-state index in [0.717, 1.165) is 48.7 Å². The van der Waals surface area contributed by atoms with Crippen LogP contribution in [-0.4, -0.2) is 43.5 Å². The first-order valence-electron chi connectivity index (χ1n) is 12.8. The molecule has 4 rings (SSSR count). The second kappa shape index (κ2) is 11.4. The Bertz CT molecular complexity index is 1440. The summed E-state index contributed by atoms with van der Waals surface area (Å²) in [4.78, 5) is 20.8. The van der Waals surface area contributed by atoms with Gasteiger partial charge in [0.05, 0.1) is 42.0 Å². The lowest BCUT2D eigenvalue weighted by Crippen LogP contribution is -2.47. The molecule has 0 aliphatic carbocycles. The average molecular weight is 510 g/mol. The lowest BCUT2D eigenvalue weighted by atomic mass is 9.89. The number of hydrogen-bond donors (Lipinski definition) is 2. The fourth-order valence-electron chi connectivity index (χ4n) is 4.96. The van der Waals surface area contributed by atoms with E-state index in [2.05, 4.69) is 22.2 Å². The number of nitrogens with one attached hydrogen (secondary N) is 1. The second-order valence-corrected chi connectivity index (χ2v) is 9.74. The number of halogens is 1. The first kappa shape index (κ1) is 26.8. The number of aliphatic hydroxyl groups excluding tert-OH is 1. The van der Waals surface area contributed by atoms with Crippen molar-refractivity contribution >= 4 is 22.1 Å². The van der Waals surface area contributed by atoms with Crippen molar-refractivity contribution in [2.24, 2.45) is 14.1 Å². The molecule has 9 heteroatoms. The first-order valence-corrected chi connectivity index (χ1v) is 12.8. The van der Waals surface area contributed by atoms with Crippen LogP contribution in [0.2, 0.25) is 0 Å². The Labute approximate surface area is 216 Å². The number of benzene rings is 1. The topological polar surface area (TPSA) is 94.2 Å². The van der Waals surface area contributed by atoms with Gasteiger partial charge in [0.1, 0.15) is 5.82 Å². The van der Waals surface area contributed by atoms with Crippen molar-refractivity contribution in [2.45, 2.75) is 57.5 Å². The van der Waals surface area contributed by atoms with E-state index in [0.29, 0.717) is 35.4 Å². The molecule has 0 fully saturated rings. The summed E-state index contributed by atoms with van der Waals surface area (Å²) in [5, 5.41) is 13.8. The molecule has 0 saturated heterocycles. The minimum absolute atomic E-state index is 0.0307. The largest absolute Gasteiger partial charge is 0.481 e. The number of fused-ring (bicyclic) bond motifs is 2. The summed E-state index contributed by atoms with van der Waals surface area (Å²) in [6.45, 7) is 2.70. The van der Waals surface area contributed by atoms with Gasteiger partial charge in [0.2, 0.25) is 5.88 Å². The summed E-state index contributed by atoms with van der Waals surface area (Å²) in [5.74, 6) is 0.0950. The molecule has 0 saturated carbocycles. The number of rotatable bonds is 12. The number of aliphatic hydroxyl groups is 1. The van der Waals surface area contributed by atoms with Gasteiger partial charge in [0, 0.05) is 37.8 Å². The van der Waals surface area contributed by atoms with E-state index < -0.39 is 5.54 Å². The summed E-state index contributed by atoms with van der Waals surface area (Å²) in [7, 11) is 5.09. The highest BCUT2D eigenvalue weighted by Crippen LogP contribution is 2.25. The Morgan fingerprint density at radius 1 is 1.11 bits per heavy atom. The van der Waals surface area contributed by atoms with Crippen LogP contribution < -0.4 is 15.7 Å². The maximum absolute atomic E-state index is 14.6. The molecule has 2 N–H and O–H groups in total. The Hall–Kier alpha value is -3.30. The predicted octanol–water partition coefficient (Wildman–Crippen LogP) is 4.00. The third-order valence-electron chi connectivity index (χ3n) is 7.51.